The van der Waals surface area contributed by atoms with Crippen LogP contribution in [0.15, 0.2) is 82.8 Å². The maximum absolute atomic E-state index is 13.2. The van der Waals surface area contributed by atoms with Crippen molar-refractivity contribution in [1.29, 1.82) is 0 Å². The van der Waals surface area contributed by atoms with Gasteiger partial charge in [-0.1, -0.05) is 69.2 Å². The topological polar surface area (TPSA) is 92.6 Å². The summed E-state index contributed by atoms with van der Waals surface area (Å²) < 4.78 is 6.66. The molecule has 4 aromatic rings. The first kappa shape index (κ1) is 24.9. The Balaban J connectivity index is 1.50. The number of hydrogen-bond donors (Lipinski definition) is 1. The second-order valence-corrected chi connectivity index (χ2v) is 10.7. The number of aliphatic hydroxyl groups excluding tert-OH is 1. The smallest absolute Gasteiger partial charge is 0.301 e. The quantitative estimate of drug-likeness (QED) is 0.169. The number of Topliss-reactive ketones (excluding diaryl/α,β-unsaturated/α-hetero) is 1. The molecule has 0 spiro atoms. The van der Waals surface area contributed by atoms with Crippen molar-refractivity contribution < 1.29 is 19.4 Å². The summed E-state index contributed by atoms with van der Waals surface area (Å²) in [5, 5.41) is 20.4. The molecule has 1 unspecified atom stereocenters. The SMILES string of the molecule is Cc1cccc(COc2ccc(/C(O)=C3/C(=O)C(=O)N(c4nnc(C)s4)C3c3cccc(Br)c3)cc2)c1. The number of aryl methyl sites for hydroxylation is 2. The molecule has 1 saturated heterocycles. The predicted octanol–water partition coefficient (Wildman–Crippen LogP) is 6.12. The summed E-state index contributed by atoms with van der Waals surface area (Å²) in [5.41, 5.74) is 3.24. The van der Waals surface area contributed by atoms with Crippen LogP contribution in [-0.4, -0.2) is 27.0 Å². The van der Waals surface area contributed by atoms with E-state index in [0.717, 1.165) is 15.6 Å². The molecule has 3 aromatic carbocycles. The zero-order valence-corrected chi connectivity index (χ0v) is 22.4. The second-order valence-electron chi connectivity index (χ2n) is 8.63. The van der Waals surface area contributed by atoms with Gasteiger partial charge in [-0.2, -0.15) is 0 Å². The van der Waals surface area contributed by atoms with Crippen LogP contribution in [0.1, 0.15) is 33.3 Å². The Morgan fingerprint density at radius 1 is 1.03 bits per heavy atom. The highest BCUT2D eigenvalue weighted by atomic mass is 79.9. The molecule has 0 aliphatic carbocycles. The Morgan fingerprint density at radius 2 is 1.78 bits per heavy atom. The number of carbonyl (C=O) groups is 2. The van der Waals surface area contributed by atoms with Crippen molar-refractivity contribution in [1.82, 2.24) is 10.2 Å². The van der Waals surface area contributed by atoms with E-state index in [4.69, 9.17) is 4.74 Å². The van der Waals surface area contributed by atoms with Gasteiger partial charge in [-0.15, -0.1) is 10.2 Å². The minimum atomic E-state index is -0.859. The van der Waals surface area contributed by atoms with E-state index in [0.29, 0.717) is 33.6 Å². The molecule has 0 saturated carbocycles. The lowest BCUT2D eigenvalue weighted by atomic mass is 9.95. The van der Waals surface area contributed by atoms with E-state index in [-0.39, 0.29) is 11.3 Å². The van der Waals surface area contributed by atoms with Gasteiger partial charge < -0.3 is 9.84 Å². The number of carbonyl (C=O) groups excluding carboxylic acids is 2. The minimum absolute atomic E-state index is 0.00983. The Morgan fingerprint density at radius 3 is 2.46 bits per heavy atom. The van der Waals surface area contributed by atoms with E-state index in [2.05, 4.69) is 32.2 Å². The van der Waals surface area contributed by atoms with Gasteiger partial charge in [0.05, 0.1) is 11.6 Å². The van der Waals surface area contributed by atoms with Crippen LogP contribution in [0.2, 0.25) is 0 Å². The summed E-state index contributed by atoms with van der Waals surface area (Å²) >= 11 is 4.67. The molecule has 2 heterocycles. The number of amides is 1. The van der Waals surface area contributed by atoms with Crippen LogP contribution >= 0.6 is 27.3 Å². The van der Waals surface area contributed by atoms with Crippen molar-refractivity contribution >= 4 is 49.8 Å². The highest BCUT2D eigenvalue weighted by Gasteiger charge is 2.48. The number of ketones is 1. The molecule has 9 heteroatoms. The number of aromatic nitrogens is 2. The van der Waals surface area contributed by atoms with Gasteiger partial charge in [-0.05, 0) is 61.4 Å². The third-order valence-corrected chi connectivity index (χ3v) is 7.28. The normalized spacial score (nSPS) is 16.8. The van der Waals surface area contributed by atoms with Crippen LogP contribution in [0, 0.1) is 13.8 Å². The molecular formula is C28H22BrN3O4S. The average molecular weight is 576 g/mol. The molecule has 0 radical (unpaired) electrons. The Labute approximate surface area is 226 Å². The number of benzene rings is 3. The summed E-state index contributed by atoms with van der Waals surface area (Å²) in [6.07, 6.45) is 0. The van der Waals surface area contributed by atoms with E-state index in [1.165, 1.54) is 16.2 Å². The summed E-state index contributed by atoms with van der Waals surface area (Å²) in [6, 6.07) is 21.3. The number of halogens is 1. The fourth-order valence-corrected chi connectivity index (χ4v) is 5.37. The van der Waals surface area contributed by atoms with E-state index in [1.807, 2.05) is 43.3 Å². The molecule has 1 aromatic heterocycles. The number of anilines is 1. The first-order valence-electron chi connectivity index (χ1n) is 11.5. The third kappa shape index (κ3) is 5.05. The van der Waals surface area contributed by atoms with E-state index >= 15 is 0 Å². The van der Waals surface area contributed by atoms with Crippen molar-refractivity contribution in [2.75, 3.05) is 4.90 Å². The molecule has 5 rings (SSSR count). The molecule has 7 nitrogen and oxygen atoms in total. The summed E-state index contributed by atoms with van der Waals surface area (Å²) in [7, 11) is 0. The van der Waals surface area contributed by atoms with Crippen LogP contribution in [0.4, 0.5) is 5.13 Å². The maximum Gasteiger partial charge on any atom is 0.301 e. The van der Waals surface area contributed by atoms with Crippen molar-refractivity contribution in [2.45, 2.75) is 26.5 Å². The summed E-state index contributed by atoms with van der Waals surface area (Å²) in [5.74, 6) is -1.19. The molecule has 186 valence electrons. The van der Waals surface area contributed by atoms with Crippen LogP contribution in [-0.2, 0) is 16.2 Å². The van der Waals surface area contributed by atoms with Gasteiger partial charge in [0, 0.05) is 10.0 Å². The molecule has 1 amide bonds. The molecular weight excluding hydrogens is 554 g/mol. The zero-order chi connectivity index (χ0) is 26.1. The fraction of sp³-hybridized carbons (Fsp3) is 0.143. The molecule has 1 aliphatic rings. The number of nitrogens with zero attached hydrogens (tertiary/aromatic N) is 3. The van der Waals surface area contributed by atoms with Crippen molar-refractivity contribution in [3.8, 4) is 5.75 Å². The van der Waals surface area contributed by atoms with Gasteiger partial charge in [0.15, 0.2) is 0 Å². The van der Waals surface area contributed by atoms with Crippen molar-refractivity contribution in [3.05, 3.63) is 110 Å². The first-order chi connectivity index (χ1) is 17.8. The molecule has 1 fully saturated rings. The average Bonchev–Trinajstić information content (AvgIpc) is 3.43. The van der Waals surface area contributed by atoms with E-state index < -0.39 is 17.7 Å². The van der Waals surface area contributed by atoms with Gasteiger partial charge in [-0.25, -0.2) is 0 Å². The number of hydrogen-bond acceptors (Lipinski definition) is 7. The number of rotatable bonds is 6. The summed E-state index contributed by atoms with van der Waals surface area (Å²) in [6.45, 7) is 4.20. The fourth-order valence-electron chi connectivity index (χ4n) is 4.24. The van der Waals surface area contributed by atoms with E-state index in [1.54, 1.807) is 37.3 Å². The van der Waals surface area contributed by atoms with Gasteiger partial charge in [0.25, 0.3) is 5.78 Å². The molecule has 1 aliphatic heterocycles. The van der Waals surface area contributed by atoms with E-state index in [9.17, 15) is 14.7 Å². The standard InChI is InChI=1S/C28H22BrN3O4S/c1-16-5-3-6-18(13-16)15-36-22-11-9-19(10-12-22)25(33)23-24(20-7-4-8-21(29)14-20)32(27(35)26(23)34)28-31-30-17(2)37-28/h3-14,24,33H,15H2,1-2H3/b25-23-. The van der Waals surface area contributed by atoms with Gasteiger partial charge in [-0.3, -0.25) is 14.5 Å². The largest absolute Gasteiger partial charge is 0.507 e. The van der Waals surface area contributed by atoms with Crippen LogP contribution in [0.25, 0.3) is 5.76 Å². The third-order valence-electron chi connectivity index (χ3n) is 5.95. The van der Waals surface area contributed by atoms with Gasteiger partial charge in [0.1, 0.15) is 23.1 Å². The van der Waals surface area contributed by atoms with Crippen molar-refractivity contribution in [2.24, 2.45) is 0 Å². The van der Waals surface area contributed by atoms with Gasteiger partial charge >= 0.3 is 5.91 Å². The van der Waals surface area contributed by atoms with Crippen LogP contribution in [0.5, 0.6) is 5.75 Å². The minimum Gasteiger partial charge on any atom is -0.507 e. The van der Waals surface area contributed by atoms with Gasteiger partial charge in [0.2, 0.25) is 5.13 Å². The number of ether oxygens (including phenoxy) is 1. The Bertz CT molecular complexity index is 1530. The number of aliphatic hydroxyl groups is 1. The first-order valence-corrected chi connectivity index (χ1v) is 13.1. The van der Waals surface area contributed by atoms with Crippen LogP contribution in [0.3, 0.4) is 0 Å². The predicted molar refractivity (Wildman–Crippen MR) is 146 cm³/mol. The highest BCUT2D eigenvalue weighted by Crippen LogP contribution is 2.43. The molecule has 37 heavy (non-hydrogen) atoms. The molecule has 1 atom stereocenters. The van der Waals surface area contributed by atoms with Crippen LogP contribution < -0.4 is 9.64 Å². The second kappa shape index (κ2) is 10.3. The maximum atomic E-state index is 13.2. The monoisotopic (exact) mass is 575 g/mol. The van der Waals surface area contributed by atoms with Crippen molar-refractivity contribution in [3.63, 3.8) is 0 Å². The summed E-state index contributed by atoms with van der Waals surface area (Å²) in [4.78, 5) is 27.7. The lowest BCUT2D eigenvalue weighted by Crippen LogP contribution is -2.29. The lowest BCUT2D eigenvalue weighted by Gasteiger charge is -2.22. The zero-order valence-electron chi connectivity index (χ0n) is 20.0. The lowest BCUT2D eigenvalue weighted by molar-refractivity contribution is -0.132. The Kier molecular flexibility index (Phi) is 6.90. The molecule has 1 N–H and O–H groups in total. The highest BCUT2D eigenvalue weighted by molar-refractivity contribution is 9.10. The Hall–Kier alpha value is -3.82. The molecule has 0 bridgehead atoms.